The molecule has 122 valence electrons. The molecule has 5 nitrogen and oxygen atoms in total. The standard InChI is InChI=1S/C18H24N4O/c1-13-4-5-15-11-14(2)17(16(15)10-13)21-18(23)20-6-3-8-22-9-7-19-12-22/h4-5,7,9-10,12,14,17H,3,6,8,11H2,1-2H3,(H2,20,21,23)/t14-,17+/m1/s1. The smallest absolute Gasteiger partial charge is 0.315 e. The number of nitrogens with one attached hydrogen (secondary N) is 2. The average Bonchev–Trinajstić information content (AvgIpc) is 3.13. The van der Waals surface area contributed by atoms with Gasteiger partial charge in [0, 0.05) is 25.5 Å². The summed E-state index contributed by atoms with van der Waals surface area (Å²) in [5.41, 5.74) is 3.87. The van der Waals surface area contributed by atoms with Crippen molar-refractivity contribution in [3.63, 3.8) is 0 Å². The normalized spacial score (nSPS) is 19.4. The van der Waals surface area contributed by atoms with Crippen LogP contribution >= 0.6 is 0 Å². The van der Waals surface area contributed by atoms with E-state index in [0.29, 0.717) is 12.5 Å². The molecular formula is C18H24N4O. The largest absolute Gasteiger partial charge is 0.338 e. The molecule has 1 aliphatic rings. The van der Waals surface area contributed by atoms with Crippen LogP contribution < -0.4 is 10.6 Å². The Kier molecular flexibility index (Phi) is 4.65. The molecule has 0 saturated carbocycles. The predicted molar refractivity (Wildman–Crippen MR) is 90.2 cm³/mol. The number of rotatable bonds is 5. The van der Waals surface area contributed by atoms with E-state index in [1.54, 1.807) is 12.5 Å². The number of benzene rings is 1. The van der Waals surface area contributed by atoms with Crippen LogP contribution in [-0.2, 0) is 13.0 Å². The third-order valence-corrected chi connectivity index (χ3v) is 4.47. The highest BCUT2D eigenvalue weighted by atomic mass is 16.2. The van der Waals surface area contributed by atoms with E-state index in [1.807, 2.05) is 10.8 Å². The molecule has 1 aromatic carbocycles. The third kappa shape index (κ3) is 3.73. The first-order valence-corrected chi connectivity index (χ1v) is 8.23. The van der Waals surface area contributed by atoms with Crippen LogP contribution in [0.4, 0.5) is 4.79 Å². The van der Waals surface area contributed by atoms with Gasteiger partial charge >= 0.3 is 6.03 Å². The van der Waals surface area contributed by atoms with Gasteiger partial charge in [0.1, 0.15) is 0 Å². The number of nitrogens with zero attached hydrogens (tertiary/aromatic N) is 2. The zero-order valence-electron chi connectivity index (χ0n) is 13.7. The van der Waals surface area contributed by atoms with Crippen molar-refractivity contribution in [1.29, 1.82) is 0 Å². The Bertz CT molecular complexity index is 666. The molecule has 2 aromatic rings. The van der Waals surface area contributed by atoms with E-state index in [-0.39, 0.29) is 12.1 Å². The molecule has 5 heteroatoms. The molecule has 1 aromatic heterocycles. The van der Waals surface area contributed by atoms with E-state index in [2.05, 4.69) is 47.7 Å². The number of carbonyl (C=O) groups is 1. The van der Waals surface area contributed by atoms with Crippen molar-refractivity contribution >= 4 is 6.03 Å². The second-order valence-electron chi connectivity index (χ2n) is 6.42. The van der Waals surface area contributed by atoms with Crippen LogP contribution in [0.25, 0.3) is 0 Å². The van der Waals surface area contributed by atoms with Crippen molar-refractivity contribution in [2.45, 2.75) is 39.3 Å². The fraction of sp³-hybridized carbons (Fsp3) is 0.444. The number of imidazole rings is 1. The molecule has 2 N–H and O–H groups in total. The summed E-state index contributed by atoms with van der Waals surface area (Å²) in [7, 11) is 0. The van der Waals surface area contributed by atoms with E-state index in [9.17, 15) is 4.79 Å². The lowest BCUT2D eigenvalue weighted by atomic mass is 10.0. The van der Waals surface area contributed by atoms with Gasteiger partial charge in [0.25, 0.3) is 0 Å². The fourth-order valence-electron chi connectivity index (χ4n) is 3.26. The second-order valence-corrected chi connectivity index (χ2v) is 6.42. The second kappa shape index (κ2) is 6.86. The maximum Gasteiger partial charge on any atom is 0.315 e. The fourth-order valence-corrected chi connectivity index (χ4v) is 3.26. The number of hydrogen-bond acceptors (Lipinski definition) is 2. The van der Waals surface area contributed by atoms with Crippen molar-refractivity contribution in [3.05, 3.63) is 53.6 Å². The van der Waals surface area contributed by atoms with Gasteiger partial charge in [-0.25, -0.2) is 9.78 Å². The van der Waals surface area contributed by atoms with Crippen LogP contribution in [0.1, 0.15) is 36.1 Å². The Balaban J connectivity index is 1.49. The third-order valence-electron chi connectivity index (χ3n) is 4.47. The predicted octanol–water partition coefficient (Wildman–Crippen LogP) is 2.81. The highest BCUT2D eigenvalue weighted by Gasteiger charge is 2.30. The van der Waals surface area contributed by atoms with Gasteiger partial charge < -0.3 is 15.2 Å². The zero-order chi connectivity index (χ0) is 16.2. The van der Waals surface area contributed by atoms with Crippen molar-refractivity contribution in [2.24, 2.45) is 5.92 Å². The summed E-state index contributed by atoms with van der Waals surface area (Å²) in [6.45, 7) is 5.81. The summed E-state index contributed by atoms with van der Waals surface area (Å²) in [5, 5.41) is 6.09. The van der Waals surface area contributed by atoms with Gasteiger partial charge in [-0.1, -0.05) is 30.7 Å². The highest BCUT2D eigenvalue weighted by Crippen LogP contribution is 2.36. The van der Waals surface area contributed by atoms with Crippen LogP contribution in [0, 0.1) is 12.8 Å². The van der Waals surface area contributed by atoms with Gasteiger partial charge in [0.15, 0.2) is 0 Å². The highest BCUT2D eigenvalue weighted by molar-refractivity contribution is 5.74. The van der Waals surface area contributed by atoms with Gasteiger partial charge in [-0.15, -0.1) is 0 Å². The Morgan fingerprint density at radius 1 is 1.43 bits per heavy atom. The molecule has 0 bridgehead atoms. The molecule has 23 heavy (non-hydrogen) atoms. The number of amides is 2. The zero-order valence-corrected chi connectivity index (χ0v) is 13.7. The molecule has 0 spiro atoms. The molecule has 2 atom stereocenters. The van der Waals surface area contributed by atoms with E-state index in [4.69, 9.17) is 0 Å². The summed E-state index contributed by atoms with van der Waals surface area (Å²) < 4.78 is 2.01. The molecule has 0 aliphatic heterocycles. The van der Waals surface area contributed by atoms with E-state index in [0.717, 1.165) is 19.4 Å². The quantitative estimate of drug-likeness (QED) is 0.834. The van der Waals surface area contributed by atoms with Crippen LogP contribution in [0.15, 0.2) is 36.9 Å². The first-order valence-electron chi connectivity index (χ1n) is 8.23. The number of urea groups is 1. The average molecular weight is 312 g/mol. The number of aromatic nitrogens is 2. The van der Waals surface area contributed by atoms with Gasteiger partial charge in [0.2, 0.25) is 0 Å². The van der Waals surface area contributed by atoms with Gasteiger partial charge in [-0.2, -0.15) is 0 Å². The van der Waals surface area contributed by atoms with Crippen LogP contribution in [0.3, 0.4) is 0 Å². The summed E-state index contributed by atoms with van der Waals surface area (Å²) in [5.74, 6) is 0.434. The summed E-state index contributed by atoms with van der Waals surface area (Å²) in [6, 6.07) is 6.55. The van der Waals surface area contributed by atoms with Crippen LogP contribution in [0.2, 0.25) is 0 Å². The molecule has 0 radical (unpaired) electrons. The number of hydrogen-bond donors (Lipinski definition) is 2. The number of fused-ring (bicyclic) bond motifs is 1. The summed E-state index contributed by atoms with van der Waals surface area (Å²) >= 11 is 0. The Hall–Kier alpha value is -2.30. The molecule has 0 unspecified atom stereocenters. The Labute approximate surface area is 137 Å². The van der Waals surface area contributed by atoms with E-state index >= 15 is 0 Å². The molecule has 0 fully saturated rings. The van der Waals surface area contributed by atoms with Crippen molar-refractivity contribution in [1.82, 2.24) is 20.2 Å². The molecule has 2 amide bonds. The number of carbonyl (C=O) groups excluding carboxylic acids is 1. The van der Waals surface area contributed by atoms with Crippen molar-refractivity contribution in [3.8, 4) is 0 Å². The first-order chi connectivity index (χ1) is 11.1. The minimum Gasteiger partial charge on any atom is -0.338 e. The lowest BCUT2D eigenvalue weighted by Crippen LogP contribution is -2.39. The summed E-state index contributed by atoms with van der Waals surface area (Å²) in [4.78, 5) is 16.2. The van der Waals surface area contributed by atoms with Crippen LogP contribution in [-0.4, -0.2) is 22.1 Å². The topological polar surface area (TPSA) is 59.0 Å². The molecule has 3 rings (SSSR count). The molecule has 1 aliphatic carbocycles. The Morgan fingerprint density at radius 2 is 2.30 bits per heavy atom. The number of aryl methyl sites for hydroxylation is 2. The first kappa shape index (κ1) is 15.6. The minimum absolute atomic E-state index is 0.0816. The lowest BCUT2D eigenvalue weighted by molar-refractivity contribution is 0.233. The SMILES string of the molecule is Cc1ccc2c(c1)[C@@H](NC(=O)NCCCn1ccnc1)[C@H](C)C2. The van der Waals surface area contributed by atoms with E-state index < -0.39 is 0 Å². The summed E-state index contributed by atoms with van der Waals surface area (Å²) in [6.07, 6.45) is 7.40. The van der Waals surface area contributed by atoms with Crippen molar-refractivity contribution in [2.75, 3.05) is 6.54 Å². The van der Waals surface area contributed by atoms with Gasteiger partial charge in [-0.05, 0) is 36.8 Å². The molecule has 0 saturated heterocycles. The van der Waals surface area contributed by atoms with Crippen LogP contribution in [0.5, 0.6) is 0 Å². The van der Waals surface area contributed by atoms with Crippen molar-refractivity contribution < 1.29 is 4.79 Å². The van der Waals surface area contributed by atoms with E-state index in [1.165, 1.54) is 16.7 Å². The lowest BCUT2D eigenvalue weighted by Gasteiger charge is -2.19. The Morgan fingerprint density at radius 3 is 3.09 bits per heavy atom. The maximum absolute atomic E-state index is 12.2. The maximum atomic E-state index is 12.2. The molecule has 1 heterocycles. The molecular weight excluding hydrogens is 288 g/mol. The minimum atomic E-state index is -0.0816. The van der Waals surface area contributed by atoms with Gasteiger partial charge in [0.05, 0.1) is 12.4 Å². The van der Waals surface area contributed by atoms with Gasteiger partial charge in [-0.3, -0.25) is 0 Å². The monoisotopic (exact) mass is 312 g/mol.